The molecule has 1 saturated heterocycles. The van der Waals surface area contributed by atoms with E-state index in [4.69, 9.17) is 0 Å². The van der Waals surface area contributed by atoms with E-state index in [0.29, 0.717) is 13.1 Å². The number of benzene rings is 2. The Hall–Kier alpha value is -2.35. The Morgan fingerprint density at radius 2 is 1.87 bits per heavy atom. The fourth-order valence-corrected chi connectivity index (χ4v) is 4.74. The lowest BCUT2D eigenvalue weighted by Crippen LogP contribution is -2.42. The second-order valence-electron chi connectivity index (χ2n) is 7.94. The molecule has 1 saturated carbocycles. The predicted molar refractivity (Wildman–Crippen MR) is 114 cm³/mol. The molecule has 0 radical (unpaired) electrons. The Labute approximate surface area is 182 Å². The van der Waals surface area contributed by atoms with Crippen molar-refractivity contribution in [3.63, 3.8) is 0 Å². The van der Waals surface area contributed by atoms with Crippen LogP contribution in [-0.4, -0.2) is 42.3 Å². The molecule has 3 nitrogen and oxygen atoms in total. The van der Waals surface area contributed by atoms with Gasteiger partial charge < -0.3 is 4.90 Å². The van der Waals surface area contributed by atoms with Crippen molar-refractivity contribution >= 4 is 24.1 Å². The molecule has 1 amide bonds. The summed E-state index contributed by atoms with van der Waals surface area (Å²) in [6, 6.07) is 9.34. The van der Waals surface area contributed by atoms with E-state index in [0.717, 1.165) is 25.0 Å². The van der Waals surface area contributed by atoms with Gasteiger partial charge in [0.15, 0.2) is 0 Å². The van der Waals surface area contributed by atoms with Gasteiger partial charge in [0, 0.05) is 31.5 Å². The van der Waals surface area contributed by atoms with Crippen LogP contribution in [0, 0.1) is 23.5 Å². The van der Waals surface area contributed by atoms with Gasteiger partial charge in [0.25, 0.3) is 5.92 Å². The predicted octanol–water partition coefficient (Wildman–Crippen LogP) is 5.57. The monoisotopic (exact) mass is 450 g/mol. The molecule has 1 aliphatic carbocycles. The van der Waals surface area contributed by atoms with Gasteiger partial charge in [-0.1, -0.05) is 30.3 Å². The highest BCUT2D eigenvalue weighted by Gasteiger charge is 2.73. The molecule has 3 unspecified atom stereocenters. The molecule has 4 rings (SSSR count). The number of piperidine rings is 1. The van der Waals surface area contributed by atoms with Crippen LogP contribution >= 0.6 is 11.9 Å². The van der Waals surface area contributed by atoms with Crippen molar-refractivity contribution < 1.29 is 22.4 Å². The van der Waals surface area contributed by atoms with Crippen molar-refractivity contribution in [2.24, 2.45) is 16.2 Å². The molecular formula is C23H22F4N2OS. The van der Waals surface area contributed by atoms with Gasteiger partial charge in [-0.3, -0.25) is 4.79 Å². The second kappa shape index (κ2) is 8.65. The molecule has 1 heterocycles. The standard InChI is InChI=1S/C23H22F4N2OS/c1-31-28-12-14-6-5-11-29(13-14)22(30)21-20(23(21,26)27)16-8-3-2-7-15(16)19-17(24)9-4-10-18(19)25/h2-4,7-10,12,14,20-21H,5-6,11,13H2,1H3. The maximum atomic E-state index is 14.9. The number of hydrogen-bond acceptors (Lipinski definition) is 3. The van der Waals surface area contributed by atoms with Gasteiger partial charge in [0.05, 0.1) is 11.5 Å². The van der Waals surface area contributed by atoms with E-state index in [1.807, 2.05) is 6.26 Å². The summed E-state index contributed by atoms with van der Waals surface area (Å²) < 4.78 is 62.6. The van der Waals surface area contributed by atoms with E-state index in [2.05, 4.69) is 4.40 Å². The van der Waals surface area contributed by atoms with Gasteiger partial charge in [0.2, 0.25) is 5.91 Å². The molecule has 2 aliphatic rings. The van der Waals surface area contributed by atoms with Crippen LogP contribution in [0.5, 0.6) is 0 Å². The van der Waals surface area contributed by atoms with Crippen LogP contribution in [0.25, 0.3) is 11.1 Å². The highest BCUT2D eigenvalue weighted by atomic mass is 32.2. The van der Waals surface area contributed by atoms with Crippen molar-refractivity contribution in [2.45, 2.75) is 24.7 Å². The topological polar surface area (TPSA) is 32.7 Å². The number of alkyl halides is 2. The van der Waals surface area contributed by atoms with Crippen molar-refractivity contribution in [2.75, 3.05) is 19.3 Å². The highest BCUT2D eigenvalue weighted by molar-refractivity contribution is 7.97. The van der Waals surface area contributed by atoms with E-state index < -0.39 is 35.3 Å². The van der Waals surface area contributed by atoms with Crippen LogP contribution in [0.2, 0.25) is 0 Å². The molecule has 3 atom stereocenters. The number of halogens is 4. The van der Waals surface area contributed by atoms with Crippen LogP contribution < -0.4 is 0 Å². The van der Waals surface area contributed by atoms with Crippen LogP contribution in [0.1, 0.15) is 24.3 Å². The zero-order chi connectivity index (χ0) is 22.2. The first-order chi connectivity index (χ1) is 14.9. The Bertz CT molecular complexity index is 993. The maximum absolute atomic E-state index is 14.9. The second-order valence-corrected chi connectivity index (χ2v) is 8.51. The van der Waals surface area contributed by atoms with Crippen LogP contribution in [0.15, 0.2) is 46.9 Å². The third-order valence-electron chi connectivity index (χ3n) is 5.99. The van der Waals surface area contributed by atoms with Crippen LogP contribution in [-0.2, 0) is 4.79 Å². The summed E-state index contributed by atoms with van der Waals surface area (Å²) in [6.45, 7) is 0.775. The minimum Gasteiger partial charge on any atom is -0.342 e. The van der Waals surface area contributed by atoms with Crippen molar-refractivity contribution in [3.8, 4) is 11.1 Å². The Morgan fingerprint density at radius 1 is 1.16 bits per heavy atom. The SMILES string of the molecule is CSN=CC1CCCN(C(=O)C2C(c3ccccc3-c3c(F)cccc3F)C2(F)F)C1. The zero-order valence-corrected chi connectivity index (χ0v) is 17.7. The molecule has 8 heteroatoms. The van der Waals surface area contributed by atoms with Crippen LogP contribution in [0.4, 0.5) is 17.6 Å². The largest absolute Gasteiger partial charge is 0.342 e. The molecule has 2 fully saturated rings. The van der Waals surface area contributed by atoms with Gasteiger partial charge in [0.1, 0.15) is 17.6 Å². The van der Waals surface area contributed by atoms with Gasteiger partial charge in [-0.2, -0.15) is 0 Å². The number of likely N-dealkylation sites (tertiary alicyclic amines) is 1. The molecule has 0 N–H and O–H groups in total. The average molecular weight is 451 g/mol. The first-order valence-electron chi connectivity index (χ1n) is 10.1. The van der Waals surface area contributed by atoms with E-state index >= 15 is 0 Å². The maximum Gasteiger partial charge on any atom is 0.268 e. The first kappa shape index (κ1) is 21.9. The van der Waals surface area contributed by atoms with Gasteiger partial charge in [-0.25, -0.2) is 22.0 Å². The minimum absolute atomic E-state index is 0.0377. The number of nitrogens with zero attached hydrogens (tertiary/aromatic N) is 2. The molecule has 1 aliphatic heterocycles. The summed E-state index contributed by atoms with van der Waals surface area (Å²) in [4.78, 5) is 14.5. The third kappa shape index (κ3) is 4.10. The molecular weight excluding hydrogens is 428 g/mol. The summed E-state index contributed by atoms with van der Waals surface area (Å²) in [7, 11) is 0. The summed E-state index contributed by atoms with van der Waals surface area (Å²) in [5.41, 5.74) is -0.202. The third-order valence-corrected chi connectivity index (χ3v) is 6.33. The normalized spacial score (nSPS) is 25.1. The molecule has 0 bridgehead atoms. The van der Waals surface area contributed by atoms with Crippen LogP contribution in [0.3, 0.4) is 0 Å². The summed E-state index contributed by atoms with van der Waals surface area (Å²) in [5.74, 6) is -8.43. The average Bonchev–Trinajstić information content (AvgIpc) is 3.33. The molecule has 164 valence electrons. The van der Waals surface area contributed by atoms with E-state index in [1.165, 1.54) is 35.0 Å². The van der Waals surface area contributed by atoms with E-state index in [-0.39, 0.29) is 22.6 Å². The first-order valence-corrected chi connectivity index (χ1v) is 11.3. The number of carbonyl (C=O) groups excluding carboxylic acids is 1. The fraction of sp³-hybridized carbons (Fsp3) is 0.391. The van der Waals surface area contributed by atoms with Gasteiger partial charge >= 0.3 is 0 Å². The number of hydrogen-bond donors (Lipinski definition) is 0. The summed E-state index contributed by atoms with van der Waals surface area (Å²) in [6.07, 6.45) is 5.17. The highest BCUT2D eigenvalue weighted by Crippen LogP contribution is 2.63. The summed E-state index contributed by atoms with van der Waals surface area (Å²) >= 11 is 1.31. The molecule has 0 aromatic heterocycles. The lowest BCUT2D eigenvalue weighted by atomic mass is 9.94. The molecule has 0 spiro atoms. The molecule has 2 aromatic carbocycles. The van der Waals surface area contributed by atoms with Crippen molar-refractivity contribution in [1.29, 1.82) is 0 Å². The number of amides is 1. The van der Waals surface area contributed by atoms with Gasteiger partial charge in [-0.15, -0.1) is 0 Å². The lowest BCUT2D eigenvalue weighted by Gasteiger charge is -2.31. The van der Waals surface area contributed by atoms with Crippen molar-refractivity contribution in [3.05, 3.63) is 59.7 Å². The lowest BCUT2D eigenvalue weighted by molar-refractivity contribution is -0.136. The minimum atomic E-state index is -3.27. The Kier molecular flexibility index (Phi) is 6.10. The smallest absolute Gasteiger partial charge is 0.268 e. The van der Waals surface area contributed by atoms with E-state index in [1.54, 1.807) is 18.3 Å². The molecule has 31 heavy (non-hydrogen) atoms. The zero-order valence-electron chi connectivity index (χ0n) is 16.9. The van der Waals surface area contributed by atoms with Crippen molar-refractivity contribution in [1.82, 2.24) is 4.90 Å². The Morgan fingerprint density at radius 3 is 2.58 bits per heavy atom. The number of carbonyl (C=O) groups is 1. The number of rotatable bonds is 5. The summed E-state index contributed by atoms with van der Waals surface area (Å²) in [5, 5.41) is 0. The Balaban J connectivity index is 1.62. The molecule has 2 aromatic rings. The quantitative estimate of drug-likeness (QED) is 0.339. The van der Waals surface area contributed by atoms with E-state index in [9.17, 15) is 22.4 Å². The van der Waals surface area contributed by atoms with Gasteiger partial charge in [-0.05, 0) is 48.0 Å². The fourth-order valence-electron chi connectivity index (χ4n) is 4.45.